The first kappa shape index (κ1) is 21.1. The number of anilines is 1. The topological polar surface area (TPSA) is 85.6 Å². The predicted molar refractivity (Wildman–Crippen MR) is 140 cm³/mol. The van der Waals surface area contributed by atoms with Crippen LogP contribution in [0.5, 0.6) is 0 Å². The first-order valence-electron chi connectivity index (χ1n) is 11.2. The lowest BCUT2D eigenvalue weighted by atomic mass is 10.0. The minimum Gasteiger partial charge on any atom is -0.360 e. The average Bonchev–Trinajstić information content (AvgIpc) is 3.39. The molecule has 1 N–H and O–H groups in total. The Kier molecular flexibility index (Phi) is 5.27. The number of hydrogen-bond donors (Lipinski definition) is 1. The van der Waals surface area contributed by atoms with Crippen molar-refractivity contribution in [3.05, 3.63) is 107 Å². The quantitative estimate of drug-likeness (QED) is 0.347. The van der Waals surface area contributed by atoms with Gasteiger partial charge >= 0.3 is 0 Å². The summed E-state index contributed by atoms with van der Waals surface area (Å²) in [5.41, 5.74) is 5.56. The predicted octanol–water partition coefficient (Wildman–Crippen LogP) is 5.63. The van der Waals surface area contributed by atoms with Gasteiger partial charge in [-0.3, -0.25) is 14.3 Å². The van der Waals surface area contributed by atoms with E-state index in [1.54, 1.807) is 16.3 Å². The number of pyridine rings is 2. The van der Waals surface area contributed by atoms with E-state index in [0.717, 1.165) is 38.4 Å². The summed E-state index contributed by atoms with van der Waals surface area (Å²) in [6.07, 6.45) is 3.27. The third-order valence-corrected chi connectivity index (χ3v) is 6.70. The van der Waals surface area contributed by atoms with Crippen molar-refractivity contribution in [3.63, 3.8) is 0 Å². The molecule has 1 atom stereocenters. The van der Waals surface area contributed by atoms with Crippen molar-refractivity contribution in [1.29, 1.82) is 0 Å². The van der Waals surface area contributed by atoms with E-state index < -0.39 is 0 Å². The van der Waals surface area contributed by atoms with Crippen LogP contribution in [-0.4, -0.2) is 24.5 Å². The Bertz CT molecular complexity index is 1710. The maximum Gasteiger partial charge on any atom is 0.263 e. The SMILES string of the molecule is C[C@H](Nc1ncnc2scnc12)c1cc2cccc(-c3ccccn3)c2c(=O)n1-c1ccccc1. The molecule has 0 saturated carbocycles. The minimum atomic E-state index is -0.245. The fraction of sp³-hybridized carbons (Fsp3) is 0.0741. The molecule has 0 bridgehead atoms. The van der Waals surface area contributed by atoms with Crippen LogP contribution in [0.25, 0.3) is 38.1 Å². The molecule has 0 aliphatic heterocycles. The van der Waals surface area contributed by atoms with Gasteiger partial charge in [0.1, 0.15) is 16.7 Å². The molecule has 0 aliphatic rings. The van der Waals surface area contributed by atoms with Crippen LogP contribution < -0.4 is 10.9 Å². The highest BCUT2D eigenvalue weighted by Gasteiger charge is 2.20. The van der Waals surface area contributed by atoms with Gasteiger partial charge in [0.25, 0.3) is 5.56 Å². The number of thiazole rings is 1. The van der Waals surface area contributed by atoms with E-state index in [1.807, 2.05) is 73.7 Å². The molecule has 35 heavy (non-hydrogen) atoms. The van der Waals surface area contributed by atoms with Crippen molar-refractivity contribution in [2.24, 2.45) is 0 Å². The van der Waals surface area contributed by atoms with Crippen LogP contribution in [0.4, 0.5) is 5.82 Å². The summed E-state index contributed by atoms with van der Waals surface area (Å²) in [6, 6.07) is 23.1. The van der Waals surface area contributed by atoms with Gasteiger partial charge in [-0.15, -0.1) is 11.3 Å². The van der Waals surface area contributed by atoms with Gasteiger partial charge < -0.3 is 5.32 Å². The summed E-state index contributed by atoms with van der Waals surface area (Å²) in [7, 11) is 0. The van der Waals surface area contributed by atoms with Crippen LogP contribution in [0.2, 0.25) is 0 Å². The molecule has 170 valence electrons. The fourth-order valence-electron chi connectivity index (χ4n) is 4.36. The number of fused-ring (bicyclic) bond motifs is 2. The standard InChI is InChI=1S/C27H20N6OS/c1-17(32-25-24-26(30-15-29-25)35-16-31-24)22-14-18-8-7-11-20(21-12-5-6-13-28-21)23(18)27(34)33(22)19-9-3-2-4-10-19/h2-17H,1H3,(H,29,30,32)/t17-/m0/s1. The molecule has 4 heterocycles. The van der Waals surface area contributed by atoms with Crippen LogP contribution in [-0.2, 0) is 0 Å². The molecule has 4 aromatic heterocycles. The van der Waals surface area contributed by atoms with E-state index >= 15 is 0 Å². The molecule has 7 nitrogen and oxygen atoms in total. The van der Waals surface area contributed by atoms with Crippen molar-refractivity contribution < 1.29 is 0 Å². The van der Waals surface area contributed by atoms with Crippen molar-refractivity contribution in [2.45, 2.75) is 13.0 Å². The third kappa shape index (κ3) is 3.74. The highest BCUT2D eigenvalue weighted by molar-refractivity contribution is 7.16. The summed E-state index contributed by atoms with van der Waals surface area (Å²) in [5, 5.41) is 4.95. The van der Waals surface area contributed by atoms with Gasteiger partial charge in [0.2, 0.25) is 0 Å². The zero-order valence-electron chi connectivity index (χ0n) is 18.8. The van der Waals surface area contributed by atoms with E-state index in [-0.39, 0.29) is 11.6 Å². The third-order valence-electron chi connectivity index (χ3n) is 5.96. The number of aromatic nitrogens is 5. The van der Waals surface area contributed by atoms with Crippen LogP contribution >= 0.6 is 11.3 Å². The molecule has 0 saturated heterocycles. The summed E-state index contributed by atoms with van der Waals surface area (Å²) in [4.78, 5) is 32.6. The van der Waals surface area contributed by atoms with Gasteiger partial charge in [-0.1, -0.05) is 42.5 Å². The van der Waals surface area contributed by atoms with Crippen LogP contribution in [0.3, 0.4) is 0 Å². The summed E-state index contributed by atoms with van der Waals surface area (Å²) < 4.78 is 1.77. The first-order valence-corrected chi connectivity index (χ1v) is 12.0. The number of rotatable bonds is 5. The molecular formula is C27H20N6OS. The van der Waals surface area contributed by atoms with Crippen molar-refractivity contribution in [1.82, 2.24) is 24.5 Å². The fourth-order valence-corrected chi connectivity index (χ4v) is 4.99. The van der Waals surface area contributed by atoms with Gasteiger partial charge in [-0.05, 0) is 42.6 Å². The molecule has 6 aromatic rings. The van der Waals surface area contributed by atoms with Crippen molar-refractivity contribution in [3.8, 4) is 16.9 Å². The molecular weight excluding hydrogens is 456 g/mol. The molecule has 2 aromatic carbocycles. The maximum absolute atomic E-state index is 14.1. The van der Waals surface area contributed by atoms with E-state index in [9.17, 15) is 4.79 Å². The number of nitrogens with one attached hydrogen (secondary N) is 1. The second-order valence-corrected chi connectivity index (χ2v) is 8.96. The second kappa shape index (κ2) is 8.73. The summed E-state index contributed by atoms with van der Waals surface area (Å²) in [5.74, 6) is 0.637. The largest absolute Gasteiger partial charge is 0.360 e. The molecule has 0 aliphatic carbocycles. The lowest BCUT2D eigenvalue weighted by Gasteiger charge is -2.22. The monoisotopic (exact) mass is 476 g/mol. The summed E-state index contributed by atoms with van der Waals surface area (Å²) in [6.45, 7) is 2.02. The van der Waals surface area contributed by atoms with Gasteiger partial charge in [0, 0.05) is 23.1 Å². The Hall–Kier alpha value is -4.43. The Morgan fingerprint density at radius 3 is 2.60 bits per heavy atom. The Morgan fingerprint density at radius 2 is 1.77 bits per heavy atom. The van der Waals surface area contributed by atoms with E-state index in [0.29, 0.717) is 11.2 Å². The Morgan fingerprint density at radius 1 is 0.914 bits per heavy atom. The number of para-hydroxylation sites is 1. The number of hydrogen-bond acceptors (Lipinski definition) is 7. The highest BCUT2D eigenvalue weighted by atomic mass is 32.1. The van der Waals surface area contributed by atoms with Gasteiger partial charge in [-0.25, -0.2) is 15.0 Å². The smallest absolute Gasteiger partial charge is 0.263 e. The van der Waals surface area contributed by atoms with E-state index in [4.69, 9.17) is 0 Å². The molecule has 0 amide bonds. The van der Waals surface area contributed by atoms with Gasteiger partial charge in [0.05, 0.1) is 22.6 Å². The molecule has 0 unspecified atom stereocenters. The summed E-state index contributed by atoms with van der Waals surface area (Å²) >= 11 is 1.46. The zero-order chi connectivity index (χ0) is 23.8. The molecule has 8 heteroatoms. The Labute approximate surface area is 204 Å². The van der Waals surface area contributed by atoms with Crippen LogP contribution in [0.1, 0.15) is 18.7 Å². The molecule has 0 fully saturated rings. The van der Waals surface area contributed by atoms with Crippen molar-refractivity contribution >= 4 is 38.3 Å². The first-order chi connectivity index (χ1) is 17.2. The normalized spacial score (nSPS) is 12.1. The molecule has 6 rings (SSSR count). The van der Waals surface area contributed by atoms with Crippen molar-refractivity contribution in [2.75, 3.05) is 5.32 Å². The van der Waals surface area contributed by atoms with E-state index in [2.05, 4.69) is 31.3 Å². The lowest BCUT2D eigenvalue weighted by molar-refractivity contribution is 0.774. The second-order valence-electron chi connectivity index (χ2n) is 8.12. The average molecular weight is 477 g/mol. The van der Waals surface area contributed by atoms with Crippen LogP contribution in [0, 0.1) is 0 Å². The highest BCUT2D eigenvalue weighted by Crippen LogP contribution is 2.30. The van der Waals surface area contributed by atoms with Gasteiger partial charge in [-0.2, -0.15) is 0 Å². The minimum absolute atomic E-state index is 0.0971. The Balaban J connectivity index is 1.58. The lowest BCUT2D eigenvalue weighted by Crippen LogP contribution is -2.26. The van der Waals surface area contributed by atoms with Gasteiger partial charge in [0.15, 0.2) is 5.82 Å². The maximum atomic E-state index is 14.1. The van der Waals surface area contributed by atoms with Crippen LogP contribution in [0.15, 0.2) is 95.6 Å². The van der Waals surface area contributed by atoms with E-state index in [1.165, 1.54) is 17.7 Å². The number of benzene rings is 2. The molecule has 0 radical (unpaired) electrons. The number of nitrogens with zero attached hydrogens (tertiary/aromatic N) is 5. The molecule has 0 spiro atoms. The zero-order valence-corrected chi connectivity index (χ0v) is 19.6.